The van der Waals surface area contributed by atoms with Gasteiger partial charge < -0.3 is 14.8 Å². The van der Waals surface area contributed by atoms with Crippen molar-refractivity contribution in [1.29, 1.82) is 0 Å². The molecule has 1 N–H and O–H groups in total. The van der Waals surface area contributed by atoms with E-state index in [2.05, 4.69) is 12.2 Å². The lowest BCUT2D eigenvalue weighted by Crippen LogP contribution is -2.24. The fraction of sp³-hybridized carbons (Fsp3) is 0.583. The molecule has 0 fully saturated rings. The van der Waals surface area contributed by atoms with Crippen LogP contribution in [0.1, 0.15) is 24.8 Å². The third kappa shape index (κ3) is 5.82. The monoisotopic (exact) mass is 291 g/mol. The van der Waals surface area contributed by atoms with E-state index >= 15 is 0 Å². The average molecular weight is 292 g/mol. The normalized spacial score (nSPS) is 12.4. The van der Waals surface area contributed by atoms with E-state index in [1.54, 1.807) is 18.3 Å². The van der Waals surface area contributed by atoms with Gasteiger partial charge in [0.25, 0.3) is 0 Å². The summed E-state index contributed by atoms with van der Waals surface area (Å²) in [5, 5.41) is 3.29. The average Bonchev–Trinajstić information content (AvgIpc) is 2.75. The van der Waals surface area contributed by atoms with E-state index in [0.717, 1.165) is 4.34 Å². The van der Waals surface area contributed by atoms with Crippen molar-refractivity contribution < 1.29 is 14.3 Å². The van der Waals surface area contributed by atoms with Crippen LogP contribution in [0.15, 0.2) is 12.1 Å². The fourth-order valence-corrected chi connectivity index (χ4v) is 2.46. The van der Waals surface area contributed by atoms with Crippen molar-refractivity contribution in [3.8, 4) is 0 Å². The number of ether oxygens (including phenoxy) is 2. The van der Waals surface area contributed by atoms with Crippen LogP contribution in [-0.4, -0.2) is 32.3 Å². The third-order valence-electron chi connectivity index (χ3n) is 2.24. The summed E-state index contributed by atoms with van der Waals surface area (Å²) in [6.07, 6.45) is 0. The van der Waals surface area contributed by atoms with Gasteiger partial charge in [0.15, 0.2) is 0 Å². The number of esters is 1. The number of carbonyl (C=O) groups excluding carboxylic acids is 1. The molecule has 0 aliphatic carbocycles. The zero-order valence-electron chi connectivity index (χ0n) is 10.6. The number of halogens is 1. The number of hydrogen-bond acceptors (Lipinski definition) is 5. The van der Waals surface area contributed by atoms with E-state index in [0.29, 0.717) is 19.8 Å². The largest absolute Gasteiger partial charge is 0.464 e. The molecular formula is C12H18ClNO3S. The second-order valence-corrected chi connectivity index (χ2v) is 5.42. The molecular weight excluding hydrogens is 274 g/mol. The highest BCUT2D eigenvalue weighted by atomic mass is 35.5. The predicted molar refractivity (Wildman–Crippen MR) is 73.2 cm³/mol. The Kier molecular flexibility index (Phi) is 7.27. The Morgan fingerprint density at radius 2 is 2.33 bits per heavy atom. The van der Waals surface area contributed by atoms with Crippen molar-refractivity contribution in [2.75, 3.05) is 26.4 Å². The molecule has 1 aromatic heterocycles. The first kappa shape index (κ1) is 15.4. The predicted octanol–water partition coefficient (Wildman–Crippen LogP) is 2.63. The number of carbonyl (C=O) groups is 1. The molecule has 18 heavy (non-hydrogen) atoms. The van der Waals surface area contributed by atoms with Gasteiger partial charge >= 0.3 is 5.97 Å². The van der Waals surface area contributed by atoms with Crippen molar-refractivity contribution in [2.24, 2.45) is 0 Å². The summed E-state index contributed by atoms with van der Waals surface area (Å²) < 4.78 is 10.7. The molecule has 1 unspecified atom stereocenters. The van der Waals surface area contributed by atoms with Crippen LogP contribution in [0.2, 0.25) is 4.34 Å². The molecule has 102 valence electrons. The van der Waals surface area contributed by atoms with Gasteiger partial charge in [0.1, 0.15) is 6.61 Å². The van der Waals surface area contributed by atoms with E-state index in [1.807, 2.05) is 12.1 Å². The lowest BCUT2D eigenvalue weighted by Gasteiger charge is -2.11. The summed E-state index contributed by atoms with van der Waals surface area (Å²) in [6.45, 7) is 5.38. The molecule has 0 bridgehead atoms. The summed E-state index contributed by atoms with van der Waals surface area (Å²) in [5.41, 5.74) is 0. The Labute approximate surface area is 116 Å². The first-order chi connectivity index (χ1) is 8.63. The van der Waals surface area contributed by atoms with Crippen LogP contribution in [0.25, 0.3) is 0 Å². The first-order valence-corrected chi connectivity index (χ1v) is 7.05. The SMILES string of the molecule is CCOC(=O)COCCNC(C)c1ccc(Cl)s1. The minimum Gasteiger partial charge on any atom is -0.464 e. The summed E-state index contributed by atoms with van der Waals surface area (Å²) in [6, 6.07) is 4.12. The topological polar surface area (TPSA) is 47.6 Å². The molecule has 0 radical (unpaired) electrons. The summed E-state index contributed by atoms with van der Waals surface area (Å²) in [7, 11) is 0. The molecule has 1 rings (SSSR count). The first-order valence-electron chi connectivity index (χ1n) is 5.85. The minimum absolute atomic E-state index is 0.00866. The zero-order valence-corrected chi connectivity index (χ0v) is 12.1. The molecule has 1 aromatic rings. The van der Waals surface area contributed by atoms with Gasteiger partial charge in [-0.15, -0.1) is 11.3 Å². The van der Waals surface area contributed by atoms with E-state index in [-0.39, 0.29) is 18.6 Å². The highest BCUT2D eigenvalue weighted by Crippen LogP contribution is 2.26. The van der Waals surface area contributed by atoms with Crippen LogP contribution < -0.4 is 5.32 Å². The quantitative estimate of drug-likeness (QED) is 0.591. The molecule has 1 heterocycles. The highest BCUT2D eigenvalue weighted by Gasteiger charge is 2.07. The van der Waals surface area contributed by atoms with Crippen LogP contribution in [-0.2, 0) is 14.3 Å². The van der Waals surface area contributed by atoms with Gasteiger partial charge in [0, 0.05) is 17.5 Å². The van der Waals surface area contributed by atoms with Crippen molar-refractivity contribution in [1.82, 2.24) is 5.32 Å². The molecule has 0 amide bonds. The smallest absolute Gasteiger partial charge is 0.332 e. The Hall–Kier alpha value is -0.620. The maximum atomic E-state index is 11.0. The highest BCUT2D eigenvalue weighted by molar-refractivity contribution is 7.16. The third-order valence-corrected chi connectivity index (χ3v) is 3.66. The number of thiophene rings is 1. The lowest BCUT2D eigenvalue weighted by molar-refractivity contribution is -0.148. The second-order valence-electron chi connectivity index (χ2n) is 3.68. The number of rotatable bonds is 8. The molecule has 0 aromatic carbocycles. The van der Waals surface area contributed by atoms with Gasteiger partial charge in [-0.1, -0.05) is 11.6 Å². The minimum atomic E-state index is -0.324. The van der Waals surface area contributed by atoms with E-state index < -0.39 is 0 Å². The second kappa shape index (κ2) is 8.48. The Bertz CT molecular complexity index is 370. The summed E-state index contributed by atoms with van der Waals surface area (Å²) >= 11 is 7.43. The van der Waals surface area contributed by atoms with E-state index in [1.165, 1.54) is 4.88 Å². The van der Waals surface area contributed by atoms with Crippen LogP contribution in [0, 0.1) is 0 Å². The van der Waals surface area contributed by atoms with Crippen LogP contribution in [0.4, 0.5) is 0 Å². The van der Waals surface area contributed by atoms with E-state index in [4.69, 9.17) is 21.1 Å². The Morgan fingerprint density at radius 1 is 1.56 bits per heavy atom. The number of hydrogen-bond donors (Lipinski definition) is 1. The number of nitrogens with one attached hydrogen (secondary N) is 1. The fourth-order valence-electron chi connectivity index (χ4n) is 1.37. The molecule has 4 nitrogen and oxygen atoms in total. The summed E-state index contributed by atoms with van der Waals surface area (Å²) in [4.78, 5) is 12.2. The van der Waals surface area contributed by atoms with Crippen molar-refractivity contribution in [3.05, 3.63) is 21.3 Å². The Balaban J connectivity index is 2.09. The van der Waals surface area contributed by atoms with Gasteiger partial charge in [0.05, 0.1) is 17.6 Å². The maximum absolute atomic E-state index is 11.0. The molecule has 0 spiro atoms. The van der Waals surface area contributed by atoms with Crippen molar-refractivity contribution in [3.63, 3.8) is 0 Å². The maximum Gasteiger partial charge on any atom is 0.332 e. The van der Waals surface area contributed by atoms with Crippen molar-refractivity contribution >= 4 is 28.9 Å². The van der Waals surface area contributed by atoms with Gasteiger partial charge in [0.2, 0.25) is 0 Å². The molecule has 0 saturated carbocycles. The zero-order chi connectivity index (χ0) is 13.4. The molecule has 0 aliphatic rings. The van der Waals surface area contributed by atoms with Crippen LogP contribution >= 0.6 is 22.9 Å². The Morgan fingerprint density at radius 3 is 2.94 bits per heavy atom. The molecule has 0 aliphatic heterocycles. The lowest BCUT2D eigenvalue weighted by atomic mass is 10.3. The van der Waals surface area contributed by atoms with Crippen LogP contribution in [0.5, 0.6) is 0 Å². The van der Waals surface area contributed by atoms with Gasteiger partial charge in [-0.25, -0.2) is 4.79 Å². The molecule has 0 saturated heterocycles. The standard InChI is InChI=1S/C12H18ClNO3S/c1-3-17-12(15)8-16-7-6-14-9(2)10-4-5-11(13)18-10/h4-5,9,14H,3,6-8H2,1-2H3. The molecule has 1 atom stereocenters. The van der Waals surface area contributed by atoms with Gasteiger partial charge in [-0.05, 0) is 26.0 Å². The van der Waals surface area contributed by atoms with E-state index in [9.17, 15) is 4.79 Å². The van der Waals surface area contributed by atoms with Gasteiger partial charge in [-0.2, -0.15) is 0 Å². The van der Waals surface area contributed by atoms with Crippen molar-refractivity contribution in [2.45, 2.75) is 19.9 Å². The van der Waals surface area contributed by atoms with Crippen LogP contribution in [0.3, 0.4) is 0 Å². The van der Waals surface area contributed by atoms with Gasteiger partial charge in [-0.3, -0.25) is 0 Å². The summed E-state index contributed by atoms with van der Waals surface area (Å²) in [5.74, 6) is -0.324. The molecule has 6 heteroatoms.